The quantitative estimate of drug-likeness (QED) is 0.819. The van der Waals surface area contributed by atoms with Gasteiger partial charge in [0.05, 0.1) is 0 Å². The predicted molar refractivity (Wildman–Crippen MR) is 72.0 cm³/mol. The van der Waals surface area contributed by atoms with E-state index >= 15 is 0 Å². The summed E-state index contributed by atoms with van der Waals surface area (Å²) in [5, 5.41) is 0. The third-order valence-corrected chi connectivity index (χ3v) is 2.91. The van der Waals surface area contributed by atoms with Gasteiger partial charge in [0.1, 0.15) is 5.82 Å². The zero-order valence-corrected chi connectivity index (χ0v) is 11.3. The van der Waals surface area contributed by atoms with Gasteiger partial charge in [0.25, 0.3) is 5.91 Å². The third-order valence-electron chi connectivity index (χ3n) is 2.91. The van der Waals surface area contributed by atoms with Crippen molar-refractivity contribution < 1.29 is 9.18 Å². The van der Waals surface area contributed by atoms with Gasteiger partial charge in [-0.25, -0.2) is 4.39 Å². The Balaban J connectivity index is 3.01. The Kier molecular flexibility index (Phi) is 5.13. The van der Waals surface area contributed by atoms with E-state index in [1.165, 1.54) is 6.07 Å². The summed E-state index contributed by atoms with van der Waals surface area (Å²) in [6.07, 6.45) is 1.77. The van der Waals surface area contributed by atoms with Gasteiger partial charge in [0.15, 0.2) is 0 Å². The molecule has 3 nitrogen and oxygen atoms in total. The number of anilines is 1. The number of benzene rings is 1. The van der Waals surface area contributed by atoms with Crippen LogP contribution in [0.15, 0.2) is 12.1 Å². The van der Waals surface area contributed by atoms with E-state index in [-0.39, 0.29) is 5.91 Å². The molecule has 2 N–H and O–H groups in total. The first-order valence-electron chi connectivity index (χ1n) is 6.36. The molecule has 0 saturated heterocycles. The maximum absolute atomic E-state index is 13.6. The molecule has 1 rings (SSSR count). The lowest BCUT2D eigenvalue weighted by Crippen LogP contribution is -2.32. The minimum Gasteiger partial charge on any atom is -0.398 e. The summed E-state index contributed by atoms with van der Waals surface area (Å²) in [6.45, 7) is 7.00. The molecule has 0 aromatic heterocycles. The van der Waals surface area contributed by atoms with E-state index in [4.69, 9.17) is 5.73 Å². The molecule has 0 atom stereocenters. The Labute approximate surface area is 108 Å². The van der Waals surface area contributed by atoms with Gasteiger partial charge in [0.2, 0.25) is 0 Å². The highest BCUT2D eigenvalue weighted by atomic mass is 19.1. The molecule has 0 aliphatic carbocycles. The Morgan fingerprint density at radius 2 is 1.83 bits per heavy atom. The Bertz CT molecular complexity index is 403. The predicted octanol–water partition coefficient (Wildman–Crippen LogP) is 2.98. The normalized spacial score (nSPS) is 10.4. The SMILES string of the molecule is CCCN(CCC)C(=O)c1cc(N)c(C)c(F)c1. The van der Waals surface area contributed by atoms with Crippen molar-refractivity contribution in [3.8, 4) is 0 Å². The second kappa shape index (κ2) is 6.38. The molecule has 0 spiro atoms. The number of carbonyl (C=O) groups excluding carboxylic acids is 1. The minimum atomic E-state index is -0.425. The summed E-state index contributed by atoms with van der Waals surface area (Å²) in [5.74, 6) is -0.574. The average Bonchev–Trinajstić information content (AvgIpc) is 2.34. The van der Waals surface area contributed by atoms with Gasteiger partial charge in [-0.05, 0) is 31.9 Å². The van der Waals surface area contributed by atoms with Crippen LogP contribution in [0.3, 0.4) is 0 Å². The van der Waals surface area contributed by atoms with E-state index in [2.05, 4.69) is 0 Å². The lowest BCUT2D eigenvalue weighted by Gasteiger charge is -2.22. The Morgan fingerprint density at radius 3 is 2.28 bits per heavy atom. The number of halogens is 1. The zero-order valence-electron chi connectivity index (χ0n) is 11.3. The first kappa shape index (κ1) is 14.5. The van der Waals surface area contributed by atoms with Crippen LogP contribution < -0.4 is 5.73 Å². The Hall–Kier alpha value is -1.58. The Morgan fingerprint density at radius 1 is 1.28 bits per heavy atom. The number of nitrogens with zero attached hydrogens (tertiary/aromatic N) is 1. The molecule has 0 unspecified atom stereocenters. The summed E-state index contributed by atoms with van der Waals surface area (Å²) in [5.41, 5.74) is 6.75. The summed E-state index contributed by atoms with van der Waals surface area (Å²) in [4.78, 5) is 14.0. The van der Waals surface area contributed by atoms with Gasteiger partial charge >= 0.3 is 0 Å². The van der Waals surface area contributed by atoms with Crippen molar-refractivity contribution in [2.75, 3.05) is 18.8 Å². The number of rotatable bonds is 5. The lowest BCUT2D eigenvalue weighted by atomic mass is 10.1. The highest BCUT2D eigenvalue weighted by molar-refractivity contribution is 5.95. The van der Waals surface area contributed by atoms with Crippen molar-refractivity contribution in [3.63, 3.8) is 0 Å². The van der Waals surface area contributed by atoms with Crippen molar-refractivity contribution in [1.29, 1.82) is 0 Å². The van der Waals surface area contributed by atoms with Crippen molar-refractivity contribution in [2.24, 2.45) is 0 Å². The molecular formula is C14H21FN2O. The summed E-state index contributed by atoms with van der Waals surface area (Å²) in [7, 11) is 0. The number of nitrogens with two attached hydrogens (primary N) is 1. The van der Waals surface area contributed by atoms with E-state index in [1.54, 1.807) is 17.9 Å². The molecule has 0 aliphatic rings. The number of hydrogen-bond acceptors (Lipinski definition) is 2. The fraction of sp³-hybridized carbons (Fsp3) is 0.500. The molecule has 0 bridgehead atoms. The first-order chi connectivity index (χ1) is 8.51. The molecular weight excluding hydrogens is 231 g/mol. The van der Waals surface area contributed by atoms with Crippen molar-refractivity contribution >= 4 is 11.6 Å². The third kappa shape index (κ3) is 3.22. The van der Waals surface area contributed by atoms with Crippen molar-refractivity contribution in [2.45, 2.75) is 33.6 Å². The number of amides is 1. The van der Waals surface area contributed by atoms with Gasteiger partial charge in [-0.2, -0.15) is 0 Å². The monoisotopic (exact) mass is 252 g/mol. The van der Waals surface area contributed by atoms with Crippen LogP contribution in [0.25, 0.3) is 0 Å². The molecule has 0 fully saturated rings. The fourth-order valence-corrected chi connectivity index (χ4v) is 1.86. The first-order valence-corrected chi connectivity index (χ1v) is 6.36. The van der Waals surface area contributed by atoms with Crippen LogP contribution in [0, 0.1) is 12.7 Å². The minimum absolute atomic E-state index is 0.149. The van der Waals surface area contributed by atoms with E-state index in [1.807, 2.05) is 13.8 Å². The topological polar surface area (TPSA) is 46.3 Å². The summed E-state index contributed by atoms with van der Waals surface area (Å²) in [6, 6.07) is 2.82. The van der Waals surface area contributed by atoms with Gasteiger partial charge in [0, 0.05) is 29.9 Å². The van der Waals surface area contributed by atoms with Crippen LogP contribution in [0.5, 0.6) is 0 Å². The molecule has 0 saturated carbocycles. The van der Waals surface area contributed by atoms with Crippen molar-refractivity contribution in [3.05, 3.63) is 29.1 Å². The smallest absolute Gasteiger partial charge is 0.254 e. The van der Waals surface area contributed by atoms with Crippen LogP contribution in [0.4, 0.5) is 10.1 Å². The molecule has 1 amide bonds. The number of nitrogen functional groups attached to an aromatic ring is 1. The fourth-order valence-electron chi connectivity index (χ4n) is 1.86. The highest BCUT2D eigenvalue weighted by Crippen LogP contribution is 2.19. The van der Waals surface area contributed by atoms with E-state index in [9.17, 15) is 9.18 Å². The summed E-state index contributed by atoms with van der Waals surface area (Å²) >= 11 is 0. The molecule has 18 heavy (non-hydrogen) atoms. The van der Waals surface area contributed by atoms with Crippen LogP contribution in [0.1, 0.15) is 42.6 Å². The second-order valence-electron chi connectivity index (χ2n) is 4.46. The highest BCUT2D eigenvalue weighted by Gasteiger charge is 2.16. The van der Waals surface area contributed by atoms with Gasteiger partial charge in [-0.3, -0.25) is 4.79 Å². The van der Waals surface area contributed by atoms with Gasteiger partial charge < -0.3 is 10.6 Å². The van der Waals surface area contributed by atoms with Gasteiger partial charge in [-0.1, -0.05) is 13.8 Å². The molecule has 0 radical (unpaired) electrons. The average molecular weight is 252 g/mol. The maximum atomic E-state index is 13.6. The van der Waals surface area contributed by atoms with Crippen LogP contribution in [0.2, 0.25) is 0 Å². The molecule has 1 aromatic carbocycles. The molecule has 4 heteroatoms. The van der Waals surface area contributed by atoms with E-state index < -0.39 is 5.82 Å². The summed E-state index contributed by atoms with van der Waals surface area (Å²) < 4.78 is 13.6. The second-order valence-corrected chi connectivity index (χ2v) is 4.46. The largest absolute Gasteiger partial charge is 0.398 e. The molecule has 100 valence electrons. The number of hydrogen-bond donors (Lipinski definition) is 1. The van der Waals surface area contributed by atoms with Gasteiger partial charge in [-0.15, -0.1) is 0 Å². The molecule has 1 aromatic rings. The molecule has 0 aliphatic heterocycles. The molecule has 0 heterocycles. The van der Waals surface area contributed by atoms with Crippen LogP contribution >= 0.6 is 0 Å². The van der Waals surface area contributed by atoms with Crippen molar-refractivity contribution in [1.82, 2.24) is 4.90 Å². The maximum Gasteiger partial charge on any atom is 0.254 e. The number of carbonyl (C=O) groups is 1. The van der Waals surface area contributed by atoms with Crippen LogP contribution in [-0.4, -0.2) is 23.9 Å². The van der Waals surface area contributed by atoms with Crippen LogP contribution in [-0.2, 0) is 0 Å². The zero-order chi connectivity index (χ0) is 13.7. The van der Waals surface area contributed by atoms with E-state index in [0.29, 0.717) is 29.9 Å². The lowest BCUT2D eigenvalue weighted by molar-refractivity contribution is 0.0755. The van der Waals surface area contributed by atoms with E-state index in [0.717, 1.165) is 12.8 Å². The standard InChI is InChI=1S/C14H21FN2O/c1-4-6-17(7-5-2)14(18)11-8-12(15)10(3)13(16)9-11/h8-9H,4-7,16H2,1-3H3.